The first-order valence-corrected chi connectivity index (χ1v) is 7.24. The lowest BCUT2D eigenvalue weighted by molar-refractivity contribution is -0.137. The van der Waals surface area contributed by atoms with Crippen molar-refractivity contribution in [1.82, 2.24) is 9.80 Å². The summed E-state index contributed by atoms with van der Waals surface area (Å²) in [6.07, 6.45) is 3.86. The van der Waals surface area contributed by atoms with Crippen molar-refractivity contribution in [2.24, 2.45) is 0 Å². The SMILES string of the molecule is CCN1CCCC(N(CCC(=O)O)C(C)C)CC1. The highest BCUT2D eigenvalue weighted by atomic mass is 16.4. The molecule has 106 valence electrons. The van der Waals surface area contributed by atoms with Crippen LogP contribution in [0.2, 0.25) is 0 Å². The van der Waals surface area contributed by atoms with E-state index in [1.54, 1.807) is 0 Å². The van der Waals surface area contributed by atoms with E-state index >= 15 is 0 Å². The number of nitrogens with zero attached hydrogens (tertiary/aromatic N) is 2. The number of carboxylic acid groups (broad SMARTS) is 1. The van der Waals surface area contributed by atoms with Crippen LogP contribution in [0.15, 0.2) is 0 Å². The summed E-state index contributed by atoms with van der Waals surface area (Å²) in [5, 5.41) is 8.84. The zero-order chi connectivity index (χ0) is 13.5. The average Bonchev–Trinajstić information content (AvgIpc) is 2.54. The van der Waals surface area contributed by atoms with Crippen molar-refractivity contribution in [2.45, 2.75) is 58.5 Å². The first-order valence-electron chi connectivity index (χ1n) is 7.24. The molecule has 1 fully saturated rings. The van der Waals surface area contributed by atoms with Crippen molar-refractivity contribution in [3.63, 3.8) is 0 Å². The maximum atomic E-state index is 10.7. The first kappa shape index (κ1) is 15.4. The summed E-state index contributed by atoms with van der Waals surface area (Å²) in [7, 11) is 0. The molecule has 1 N–H and O–H groups in total. The van der Waals surface area contributed by atoms with Gasteiger partial charge in [0.25, 0.3) is 0 Å². The van der Waals surface area contributed by atoms with E-state index in [9.17, 15) is 4.79 Å². The highest BCUT2D eigenvalue weighted by Gasteiger charge is 2.24. The lowest BCUT2D eigenvalue weighted by Gasteiger charge is -2.34. The Hall–Kier alpha value is -0.610. The van der Waals surface area contributed by atoms with Gasteiger partial charge in [0.15, 0.2) is 0 Å². The summed E-state index contributed by atoms with van der Waals surface area (Å²) in [6.45, 7) is 10.7. The minimum absolute atomic E-state index is 0.256. The van der Waals surface area contributed by atoms with E-state index in [0.717, 1.165) is 13.1 Å². The van der Waals surface area contributed by atoms with Gasteiger partial charge in [0.05, 0.1) is 6.42 Å². The smallest absolute Gasteiger partial charge is 0.304 e. The molecule has 1 aliphatic heterocycles. The second-order valence-corrected chi connectivity index (χ2v) is 5.49. The largest absolute Gasteiger partial charge is 0.481 e. The molecule has 1 saturated heterocycles. The molecule has 0 amide bonds. The summed E-state index contributed by atoms with van der Waals surface area (Å²) >= 11 is 0. The molecule has 4 nitrogen and oxygen atoms in total. The number of rotatable bonds is 6. The van der Waals surface area contributed by atoms with Crippen LogP contribution in [-0.2, 0) is 4.79 Å². The van der Waals surface area contributed by atoms with Gasteiger partial charge in [0, 0.05) is 18.6 Å². The highest BCUT2D eigenvalue weighted by Crippen LogP contribution is 2.19. The van der Waals surface area contributed by atoms with Crippen molar-refractivity contribution >= 4 is 5.97 Å². The van der Waals surface area contributed by atoms with E-state index in [1.165, 1.54) is 25.8 Å². The van der Waals surface area contributed by atoms with Gasteiger partial charge in [-0.3, -0.25) is 9.69 Å². The molecular weight excluding hydrogens is 228 g/mol. The zero-order valence-electron chi connectivity index (χ0n) is 12.1. The molecule has 0 spiro atoms. The van der Waals surface area contributed by atoms with Crippen LogP contribution in [-0.4, -0.2) is 59.1 Å². The molecule has 0 bridgehead atoms. The number of aliphatic carboxylic acids is 1. The molecule has 1 atom stereocenters. The van der Waals surface area contributed by atoms with Crippen LogP contribution in [0.5, 0.6) is 0 Å². The maximum absolute atomic E-state index is 10.7. The van der Waals surface area contributed by atoms with Crippen molar-refractivity contribution in [3.8, 4) is 0 Å². The van der Waals surface area contributed by atoms with Gasteiger partial charge in [-0.25, -0.2) is 0 Å². The molecule has 0 aromatic carbocycles. The number of hydrogen-bond acceptors (Lipinski definition) is 3. The third-order valence-electron chi connectivity index (χ3n) is 3.95. The molecule has 0 aromatic heterocycles. The fourth-order valence-electron chi connectivity index (χ4n) is 2.87. The number of likely N-dealkylation sites (tertiary alicyclic amines) is 1. The minimum atomic E-state index is -0.690. The highest BCUT2D eigenvalue weighted by molar-refractivity contribution is 5.66. The molecule has 0 aromatic rings. The fourth-order valence-corrected chi connectivity index (χ4v) is 2.87. The molecule has 0 saturated carbocycles. The van der Waals surface area contributed by atoms with Crippen molar-refractivity contribution in [3.05, 3.63) is 0 Å². The van der Waals surface area contributed by atoms with Gasteiger partial charge >= 0.3 is 5.97 Å². The molecule has 1 heterocycles. The van der Waals surface area contributed by atoms with Crippen LogP contribution in [0, 0.1) is 0 Å². The molecular formula is C14H28N2O2. The van der Waals surface area contributed by atoms with Gasteiger partial charge in [-0.2, -0.15) is 0 Å². The van der Waals surface area contributed by atoms with Gasteiger partial charge in [-0.15, -0.1) is 0 Å². The number of carbonyl (C=O) groups is 1. The van der Waals surface area contributed by atoms with E-state index in [2.05, 4.69) is 30.6 Å². The monoisotopic (exact) mass is 256 g/mol. The van der Waals surface area contributed by atoms with Gasteiger partial charge < -0.3 is 10.0 Å². The van der Waals surface area contributed by atoms with Crippen molar-refractivity contribution < 1.29 is 9.90 Å². The topological polar surface area (TPSA) is 43.8 Å². The summed E-state index contributed by atoms with van der Waals surface area (Å²) in [5.74, 6) is -0.690. The average molecular weight is 256 g/mol. The lowest BCUT2D eigenvalue weighted by Crippen LogP contribution is -2.42. The van der Waals surface area contributed by atoms with Crippen LogP contribution >= 0.6 is 0 Å². The quantitative estimate of drug-likeness (QED) is 0.790. The van der Waals surface area contributed by atoms with E-state index in [0.29, 0.717) is 18.6 Å². The van der Waals surface area contributed by atoms with Crippen LogP contribution in [0.25, 0.3) is 0 Å². The minimum Gasteiger partial charge on any atom is -0.481 e. The number of hydrogen-bond donors (Lipinski definition) is 1. The molecule has 0 aliphatic carbocycles. The molecule has 1 rings (SSSR count). The summed E-state index contributed by atoms with van der Waals surface area (Å²) in [4.78, 5) is 15.6. The first-order chi connectivity index (χ1) is 8.54. The van der Waals surface area contributed by atoms with Gasteiger partial charge in [0.2, 0.25) is 0 Å². The maximum Gasteiger partial charge on any atom is 0.304 e. The van der Waals surface area contributed by atoms with E-state index in [4.69, 9.17) is 5.11 Å². The standard InChI is InChI=1S/C14H28N2O2/c1-4-15-9-5-6-13(7-10-15)16(12(2)3)11-8-14(17)18/h12-13H,4-11H2,1-3H3,(H,17,18). The van der Waals surface area contributed by atoms with Crippen molar-refractivity contribution in [1.29, 1.82) is 0 Å². The number of carboxylic acids is 1. The van der Waals surface area contributed by atoms with E-state index in [-0.39, 0.29) is 6.42 Å². The third-order valence-corrected chi connectivity index (χ3v) is 3.95. The second-order valence-electron chi connectivity index (χ2n) is 5.49. The lowest BCUT2D eigenvalue weighted by atomic mass is 10.1. The van der Waals surface area contributed by atoms with E-state index < -0.39 is 5.97 Å². The summed E-state index contributed by atoms with van der Waals surface area (Å²) in [5.41, 5.74) is 0. The Morgan fingerprint density at radius 1 is 1.39 bits per heavy atom. The predicted octanol–water partition coefficient (Wildman–Crippen LogP) is 2.05. The Labute approximate surface area is 111 Å². The van der Waals surface area contributed by atoms with Gasteiger partial charge in [-0.05, 0) is 52.7 Å². The van der Waals surface area contributed by atoms with Crippen LogP contribution in [0.3, 0.4) is 0 Å². The van der Waals surface area contributed by atoms with Gasteiger partial charge in [0.1, 0.15) is 0 Å². The molecule has 1 unspecified atom stereocenters. The summed E-state index contributed by atoms with van der Waals surface area (Å²) in [6, 6.07) is 0.989. The Balaban J connectivity index is 2.53. The van der Waals surface area contributed by atoms with Crippen LogP contribution in [0.4, 0.5) is 0 Å². The third kappa shape index (κ3) is 4.94. The van der Waals surface area contributed by atoms with Crippen LogP contribution in [0.1, 0.15) is 46.5 Å². The molecule has 4 heteroatoms. The van der Waals surface area contributed by atoms with Crippen LogP contribution < -0.4 is 0 Å². The summed E-state index contributed by atoms with van der Waals surface area (Å²) < 4.78 is 0. The predicted molar refractivity (Wildman–Crippen MR) is 73.8 cm³/mol. The molecule has 0 radical (unpaired) electrons. The van der Waals surface area contributed by atoms with Crippen molar-refractivity contribution in [2.75, 3.05) is 26.2 Å². The van der Waals surface area contributed by atoms with E-state index in [1.807, 2.05) is 0 Å². The zero-order valence-corrected chi connectivity index (χ0v) is 12.1. The fraction of sp³-hybridized carbons (Fsp3) is 0.929. The Bertz CT molecular complexity index is 256. The normalized spacial score (nSPS) is 22.4. The Morgan fingerprint density at radius 2 is 2.11 bits per heavy atom. The molecule has 18 heavy (non-hydrogen) atoms. The van der Waals surface area contributed by atoms with Gasteiger partial charge in [-0.1, -0.05) is 6.92 Å². The Kier molecular flexibility index (Phi) is 6.65. The Morgan fingerprint density at radius 3 is 2.67 bits per heavy atom. The second kappa shape index (κ2) is 7.74. The molecule has 1 aliphatic rings.